The summed E-state index contributed by atoms with van der Waals surface area (Å²) >= 11 is 0. The van der Waals surface area contributed by atoms with Crippen molar-refractivity contribution in [2.24, 2.45) is 0 Å². The van der Waals surface area contributed by atoms with Gasteiger partial charge in [0.15, 0.2) is 0 Å². The summed E-state index contributed by atoms with van der Waals surface area (Å²) in [6.07, 6.45) is 1.67. The van der Waals surface area contributed by atoms with Crippen molar-refractivity contribution in [3.63, 3.8) is 0 Å². The number of likely N-dealkylation sites (N-methyl/N-ethyl adjacent to an activating group) is 1. The Bertz CT molecular complexity index is 1100. The third kappa shape index (κ3) is 4.78. The number of carbonyl (C=O) groups is 1. The van der Waals surface area contributed by atoms with Crippen molar-refractivity contribution in [3.05, 3.63) is 70.1 Å². The van der Waals surface area contributed by atoms with Crippen molar-refractivity contribution in [1.29, 1.82) is 0 Å². The van der Waals surface area contributed by atoms with Gasteiger partial charge < -0.3 is 14.4 Å². The van der Waals surface area contributed by atoms with Gasteiger partial charge in [0.2, 0.25) is 0 Å². The van der Waals surface area contributed by atoms with E-state index in [0.29, 0.717) is 32.7 Å². The van der Waals surface area contributed by atoms with Crippen LogP contribution in [0.2, 0.25) is 0 Å². The lowest BCUT2D eigenvalue weighted by Gasteiger charge is -2.39. The lowest BCUT2D eigenvalue weighted by atomic mass is 10.2. The molecule has 9 nitrogen and oxygen atoms in total. The number of benzene rings is 1. The van der Waals surface area contributed by atoms with Gasteiger partial charge in [0.25, 0.3) is 21.7 Å². The fraction of sp³-hybridized carbons (Fsp3) is 0.455. The molecule has 0 saturated carbocycles. The first kappa shape index (κ1) is 22.7. The molecule has 10 heteroatoms. The molecule has 1 aromatic heterocycles. The maximum Gasteiger partial charge on any atom is 0.282 e. The summed E-state index contributed by atoms with van der Waals surface area (Å²) in [5.74, 6) is -0.353. The van der Waals surface area contributed by atoms with Crippen LogP contribution in [0.15, 0.2) is 53.5 Å². The maximum atomic E-state index is 13.0. The SMILES string of the molecule is CN1CCN(S(=O)(=O)N2CCN(C(=O)c3cccn(Cc4ccccc4)c3=O)CC2)CC1. The Morgan fingerprint density at radius 3 is 2.06 bits per heavy atom. The van der Waals surface area contributed by atoms with Crippen LogP contribution in [0.3, 0.4) is 0 Å². The highest BCUT2D eigenvalue weighted by atomic mass is 32.2. The van der Waals surface area contributed by atoms with Gasteiger partial charge in [-0.2, -0.15) is 17.0 Å². The molecular formula is C22H29N5O4S. The van der Waals surface area contributed by atoms with E-state index < -0.39 is 10.2 Å². The number of aromatic nitrogens is 1. The van der Waals surface area contributed by atoms with E-state index in [1.807, 2.05) is 37.4 Å². The summed E-state index contributed by atoms with van der Waals surface area (Å²) in [7, 11) is -1.56. The predicted octanol–water partition coefficient (Wildman–Crippen LogP) is 0.147. The number of piperazine rings is 2. The third-order valence-electron chi connectivity index (χ3n) is 6.09. The van der Waals surface area contributed by atoms with E-state index >= 15 is 0 Å². The summed E-state index contributed by atoms with van der Waals surface area (Å²) in [6.45, 7) is 3.74. The van der Waals surface area contributed by atoms with Crippen LogP contribution in [0.25, 0.3) is 0 Å². The predicted molar refractivity (Wildman–Crippen MR) is 122 cm³/mol. The second kappa shape index (κ2) is 9.53. The molecular weight excluding hydrogens is 430 g/mol. The Hall–Kier alpha value is -2.53. The van der Waals surface area contributed by atoms with E-state index in [1.165, 1.54) is 13.2 Å². The van der Waals surface area contributed by atoms with E-state index in [9.17, 15) is 18.0 Å². The Morgan fingerprint density at radius 1 is 0.844 bits per heavy atom. The number of hydrogen-bond acceptors (Lipinski definition) is 5. The van der Waals surface area contributed by atoms with Crippen molar-refractivity contribution in [1.82, 2.24) is 23.0 Å². The van der Waals surface area contributed by atoms with Crippen LogP contribution in [0.5, 0.6) is 0 Å². The zero-order valence-electron chi connectivity index (χ0n) is 18.3. The van der Waals surface area contributed by atoms with Gasteiger partial charge in [0, 0.05) is 58.6 Å². The molecule has 0 bridgehead atoms. The molecule has 1 aromatic carbocycles. The van der Waals surface area contributed by atoms with Crippen LogP contribution in [0.1, 0.15) is 15.9 Å². The monoisotopic (exact) mass is 459 g/mol. The zero-order chi connectivity index (χ0) is 22.7. The molecule has 172 valence electrons. The fourth-order valence-electron chi connectivity index (χ4n) is 4.08. The zero-order valence-corrected chi connectivity index (χ0v) is 19.1. The Morgan fingerprint density at radius 2 is 1.44 bits per heavy atom. The molecule has 3 heterocycles. The Labute approximate surface area is 188 Å². The molecule has 32 heavy (non-hydrogen) atoms. The molecule has 0 unspecified atom stereocenters. The molecule has 2 aliphatic heterocycles. The number of carbonyl (C=O) groups excluding carboxylic acids is 1. The molecule has 2 saturated heterocycles. The highest BCUT2D eigenvalue weighted by Crippen LogP contribution is 2.15. The van der Waals surface area contributed by atoms with Crippen molar-refractivity contribution in [3.8, 4) is 0 Å². The highest BCUT2D eigenvalue weighted by molar-refractivity contribution is 7.86. The number of hydrogen-bond donors (Lipinski definition) is 0. The summed E-state index contributed by atoms with van der Waals surface area (Å²) < 4.78 is 30.4. The van der Waals surface area contributed by atoms with Gasteiger partial charge in [-0.25, -0.2) is 0 Å². The van der Waals surface area contributed by atoms with Crippen LogP contribution in [-0.2, 0) is 16.8 Å². The number of amides is 1. The van der Waals surface area contributed by atoms with Crippen LogP contribution < -0.4 is 5.56 Å². The Balaban J connectivity index is 1.41. The normalized spacial score (nSPS) is 19.2. The number of rotatable bonds is 5. The largest absolute Gasteiger partial charge is 0.336 e. The molecule has 1 amide bonds. The number of nitrogens with zero attached hydrogens (tertiary/aromatic N) is 5. The average Bonchev–Trinajstić information content (AvgIpc) is 2.81. The molecule has 0 radical (unpaired) electrons. The van der Waals surface area contributed by atoms with E-state index in [0.717, 1.165) is 5.56 Å². The first-order valence-electron chi connectivity index (χ1n) is 10.8. The van der Waals surface area contributed by atoms with Crippen LogP contribution in [0.4, 0.5) is 0 Å². The lowest BCUT2D eigenvalue weighted by Crippen LogP contribution is -2.57. The van der Waals surface area contributed by atoms with Gasteiger partial charge in [-0.05, 0) is 24.7 Å². The van der Waals surface area contributed by atoms with E-state index in [-0.39, 0.29) is 43.2 Å². The van der Waals surface area contributed by atoms with Gasteiger partial charge in [0.05, 0.1) is 6.54 Å². The minimum absolute atomic E-state index is 0.110. The number of pyridine rings is 1. The third-order valence-corrected chi connectivity index (χ3v) is 8.12. The van der Waals surface area contributed by atoms with E-state index in [1.54, 1.807) is 23.2 Å². The van der Waals surface area contributed by atoms with Gasteiger partial charge in [-0.1, -0.05) is 30.3 Å². The summed E-state index contributed by atoms with van der Waals surface area (Å²) in [5, 5.41) is 0. The molecule has 2 aliphatic rings. The molecule has 0 atom stereocenters. The minimum atomic E-state index is -3.54. The van der Waals surface area contributed by atoms with Crippen LogP contribution in [0, 0.1) is 0 Å². The molecule has 0 aliphatic carbocycles. The van der Waals surface area contributed by atoms with Gasteiger partial charge in [0.1, 0.15) is 5.56 Å². The van der Waals surface area contributed by atoms with Crippen molar-refractivity contribution in [2.75, 3.05) is 59.4 Å². The second-order valence-electron chi connectivity index (χ2n) is 8.24. The van der Waals surface area contributed by atoms with Crippen molar-refractivity contribution < 1.29 is 13.2 Å². The van der Waals surface area contributed by atoms with Crippen LogP contribution >= 0.6 is 0 Å². The standard InChI is InChI=1S/C22H29N5O4S/c1-23-10-14-26(15-11-23)32(30,31)27-16-12-24(13-17-27)21(28)20-8-5-9-25(22(20)29)18-19-6-3-2-4-7-19/h2-9H,10-18H2,1H3. The van der Waals surface area contributed by atoms with E-state index in [2.05, 4.69) is 4.90 Å². The molecule has 4 rings (SSSR count). The topological polar surface area (TPSA) is 86.2 Å². The first-order chi connectivity index (χ1) is 15.4. The smallest absolute Gasteiger partial charge is 0.282 e. The summed E-state index contributed by atoms with van der Waals surface area (Å²) in [5.41, 5.74) is 0.745. The van der Waals surface area contributed by atoms with Gasteiger partial charge in [-0.15, -0.1) is 0 Å². The lowest BCUT2D eigenvalue weighted by molar-refractivity contribution is 0.0689. The molecule has 2 fully saturated rings. The minimum Gasteiger partial charge on any atom is -0.336 e. The Kier molecular flexibility index (Phi) is 6.75. The van der Waals surface area contributed by atoms with Crippen molar-refractivity contribution >= 4 is 16.1 Å². The quantitative estimate of drug-likeness (QED) is 0.635. The molecule has 2 aromatic rings. The maximum absolute atomic E-state index is 13.0. The second-order valence-corrected chi connectivity index (χ2v) is 10.2. The van der Waals surface area contributed by atoms with Crippen LogP contribution in [-0.4, -0.2) is 96.7 Å². The fourth-order valence-corrected chi connectivity index (χ4v) is 5.65. The van der Waals surface area contributed by atoms with Gasteiger partial charge in [-0.3, -0.25) is 9.59 Å². The summed E-state index contributed by atoms with van der Waals surface area (Å²) in [6, 6.07) is 12.8. The van der Waals surface area contributed by atoms with Gasteiger partial charge >= 0.3 is 0 Å². The first-order valence-corrected chi connectivity index (χ1v) is 12.2. The average molecular weight is 460 g/mol. The van der Waals surface area contributed by atoms with E-state index in [4.69, 9.17) is 0 Å². The van der Waals surface area contributed by atoms with Crippen molar-refractivity contribution in [2.45, 2.75) is 6.54 Å². The highest BCUT2D eigenvalue weighted by Gasteiger charge is 2.35. The molecule has 0 N–H and O–H groups in total. The molecule has 0 spiro atoms. The summed E-state index contributed by atoms with van der Waals surface area (Å²) in [4.78, 5) is 29.6.